The zero-order chi connectivity index (χ0) is 22.8. The molecule has 1 heterocycles. The Morgan fingerprint density at radius 2 is 1.72 bits per heavy atom. The van der Waals surface area contributed by atoms with Crippen molar-refractivity contribution in [1.82, 2.24) is 4.98 Å². The van der Waals surface area contributed by atoms with Crippen LogP contribution in [-0.2, 0) is 10.0 Å². The highest BCUT2D eigenvalue weighted by atomic mass is 32.2. The van der Waals surface area contributed by atoms with E-state index in [0.717, 1.165) is 18.6 Å². The third kappa shape index (κ3) is 7.06. The van der Waals surface area contributed by atoms with Gasteiger partial charge in [0, 0.05) is 22.8 Å². The molecule has 0 aliphatic heterocycles. The lowest BCUT2D eigenvalue weighted by molar-refractivity contribution is 0.102. The predicted molar refractivity (Wildman–Crippen MR) is 128 cm³/mol. The van der Waals surface area contributed by atoms with Crippen LogP contribution in [0, 0.1) is 0 Å². The van der Waals surface area contributed by atoms with E-state index in [0.29, 0.717) is 23.0 Å². The van der Waals surface area contributed by atoms with E-state index in [9.17, 15) is 13.2 Å². The lowest BCUT2D eigenvalue weighted by atomic mass is 10.1. The van der Waals surface area contributed by atoms with Gasteiger partial charge in [0.15, 0.2) is 5.13 Å². The number of ether oxygens (including phenoxy) is 1. The van der Waals surface area contributed by atoms with E-state index >= 15 is 0 Å². The van der Waals surface area contributed by atoms with Crippen LogP contribution in [0.4, 0.5) is 10.8 Å². The fraction of sp³-hybridized carbons (Fsp3) is 0.304. The van der Waals surface area contributed by atoms with Crippen molar-refractivity contribution in [2.45, 2.75) is 43.9 Å². The van der Waals surface area contributed by atoms with Gasteiger partial charge in [-0.25, -0.2) is 13.4 Å². The van der Waals surface area contributed by atoms with Crippen molar-refractivity contribution in [2.24, 2.45) is 0 Å². The van der Waals surface area contributed by atoms with E-state index in [2.05, 4.69) is 21.9 Å². The molecule has 0 bridgehead atoms. The van der Waals surface area contributed by atoms with Crippen LogP contribution in [0.2, 0.25) is 0 Å². The summed E-state index contributed by atoms with van der Waals surface area (Å²) in [5.74, 6) is 0.451. The molecule has 170 valence electrons. The van der Waals surface area contributed by atoms with Gasteiger partial charge in [-0.2, -0.15) is 0 Å². The van der Waals surface area contributed by atoms with Gasteiger partial charge in [-0.05, 0) is 55.0 Å². The molecule has 32 heavy (non-hydrogen) atoms. The van der Waals surface area contributed by atoms with Crippen molar-refractivity contribution < 1.29 is 17.9 Å². The molecule has 0 spiro atoms. The van der Waals surface area contributed by atoms with Crippen molar-refractivity contribution in [2.75, 3.05) is 16.6 Å². The van der Waals surface area contributed by atoms with Crippen LogP contribution in [0.1, 0.15) is 49.4 Å². The van der Waals surface area contributed by atoms with Crippen LogP contribution >= 0.6 is 11.3 Å². The lowest BCUT2D eigenvalue weighted by Gasteiger charge is -2.09. The number of hydrogen-bond acceptors (Lipinski definition) is 6. The minimum absolute atomic E-state index is 0.0851. The number of hydrogen-bond donors (Lipinski definition) is 2. The average molecular weight is 474 g/mol. The summed E-state index contributed by atoms with van der Waals surface area (Å²) in [6.07, 6.45) is 7.41. The molecule has 2 aromatic carbocycles. The third-order valence-corrected chi connectivity index (χ3v) is 6.88. The van der Waals surface area contributed by atoms with Crippen molar-refractivity contribution >= 4 is 38.1 Å². The second-order valence-corrected chi connectivity index (χ2v) is 9.79. The van der Waals surface area contributed by atoms with Crippen LogP contribution in [-0.4, -0.2) is 25.9 Å². The molecular weight excluding hydrogens is 446 g/mol. The molecule has 3 aromatic rings. The Bertz CT molecular complexity index is 1080. The Balaban J connectivity index is 1.51. The second kappa shape index (κ2) is 11.6. The highest BCUT2D eigenvalue weighted by molar-refractivity contribution is 7.93. The molecule has 0 aliphatic carbocycles. The molecule has 0 radical (unpaired) electrons. The first-order chi connectivity index (χ1) is 15.5. The standard InChI is InChI=1S/C23H27N3O4S2/c1-2-3-4-5-6-16-30-20-11-7-18(8-12-20)22(27)25-19-9-13-21(14-10-19)32(28,29)26-23-24-15-17-31-23/h7-15,17H,2-6,16H2,1H3,(H,24,26)(H,25,27). The maximum atomic E-state index is 12.5. The fourth-order valence-electron chi connectivity index (χ4n) is 2.97. The van der Waals surface area contributed by atoms with Gasteiger partial charge in [-0.3, -0.25) is 9.52 Å². The molecule has 7 nitrogen and oxygen atoms in total. The molecule has 0 fully saturated rings. The van der Waals surface area contributed by atoms with Gasteiger partial charge >= 0.3 is 0 Å². The molecule has 0 atom stereocenters. The van der Waals surface area contributed by atoms with Crippen LogP contribution in [0.3, 0.4) is 0 Å². The van der Waals surface area contributed by atoms with Crippen molar-refractivity contribution in [3.05, 3.63) is 65.7 Å². The van der Waals surface area contributed by atoms with Crippen LogP contribution in [0.5, 0.6) is 5.75 Å². The first-order valence-electron chi connectivity index (χ1n) is 10.5. The number of rotatable bonds is 12. The predicted octanol–water partition coefficient (Wildman–Crippen LogP) is 5.55. The summed E-state index contributed by atoms with van der Waals surface area (Å²) in [5.41, 5.74) is 0.984. The van der Waals surface area contributed by atoms with E-state index in [4.69, 9.17) is 4.74 Å². The number of sulfonamides is 1. The summed E-state index contributed by atoms with van der Waals surface area (Å²) < 4.78 is 32.9. The molecule has 3 rings (SSSR count). The molecule has 0 aliphatic rings. The number of nitrogens with zero attached hydrogens (tertiary/aromatic N) is 1. The monoisotopic (exact) mass is 473 g/mol. The fourth-order valence-corrected chi connectivity index (χ4v) is 4.76. The van der Waals surface area contributed by atoms with Gasteiger partial charge in [-0.15, -0.1) is 11.3 Å². The number of carbonyl (C=O) groups is 1. The molecule has 9 heteroatoms. The normalized spacial score (nSPS) is 11.2. The SMILES string of the molecule is CCCCCCCOc1ccc(C(=O)Nc2ccc(S(=O)(=O)Nc3nccs3)cc2)cc1. The smallest absolute Gasteiger partial charge is 0.263 e. The third-order valence-electron chi connectivity index (χ3n) is 4.71. The Labute approximate surface area is 192 Å². The zero-order valence-corrected chi connectivity index (χ0v) is 19.5. The molecule has 0 saturated carbocycles. The number of benzene rings is 2. The zero-order valence-electron chi connectivity index (χ0n) is 17.9. The summed E-state index contributed by atoms with van der Waals surface area (Å²) in [5, 5.41) is 4.75. The highest BCUT2D eigenvalue weighted by Gasteiger charge is 2.15. The second-order valence-electron chi connectivity index (χ2n) is 7.21. The molecular formula is C23H27N3O4S2. The van der Waals surface area contributed by atoms with E-state index in [1.807, 2.05) is 0 Å². The number of nitrogens with one attached hydrogen (secondary N) is 2. The number of carbonyl (C=O) groups excluding carboxylic acids is 1. The molecule has 0 unspecified atom stereocenters. The number of thiazole rings is 1. The summed E-state index contributed by atoms with van der Waals surface area (Å²) >= 11 is 1.20. The maximum Gasteiger partial charge on any atom is 0.263 e. The Morgan fingerprint density at radius 3 is 2.38 bits per heavy atom. The maximum absolute atomic E-state index is 12.5. The highest BCUT2D eigenvalue weighted by Crippen LogP contribution is 2.20. The summed E-state index contributed by atoms with van der Waals surface area (Å²) in [7, 11) is -3.73. The largest absolute Gasteiger partial charge is 0.494 e. The van der Waals surface area contributed by atoms with E-state index < -0.39 is 10.0 Å². The molecule has 1 amide bonds. The van der Waals surface area contributed by atoms with Crippen LogP contribution < -0.4 is 14.8 Å². The van der Waals surface area contributed by atoms with E-state index in [1.165, 1.54) is 48.9 Å². The molecule has 2 N–H and O–H groups in total. The van der Waals surface area contributed by atoms with Crippen molar-refractivity contribution in [1.29, 1.82) is 0 Å². The minimum atomic E-state index is -3.73. The van der Waals surface area contributed by atoms with Crippen LogP contribution in [0.15, 0.2) is 65.0 Å². The number of anilines is 2. The van der Waals surface area contributed by atoms with Gasteiger partial charge in [0.1, 0.15) is 5.75 Å². The van der Waals surface area contributed by atoms with Crippen molar-refractivity contribution in [3.63, 3.8) is 0 Å². The Kier molecular flexibility index (Phi) is 8.64. The van der Waals surface area contributed by atoms with Gasteiger partial charge < -0.3 is 10.1 Å². The van der Waals surface area contributed by atoms with Gasteiger partial charge in [0.05, 0.1) is 11.5 Å². The number of amides is 1. The Morgan fingerprint density at radius 1 is 1.00 bits per heavy atom. The number of aromatic nitrogens is 1. The van der Waals surface area contributed by atoms with E-state index in [-0.39, 0.29) is 10.8 Å². The van der Waals surface area contributed by atoms with Crippen molar-refractivity contribution in [3.8, 4) is 5.75 Å². The minimum Gasteiger partial charge on any atom is -0.494 e. The topological polar surface area (TPSA) is 97.4 Å². The first kappa shape index (κ1) is 23.7. The molecule has 1 aromatic heterocycles. The summed E-state index contributed by atoms with van der Waals surface area (Å²) in [6, 6.07) is 12.9. The summed E-state index contributed by atoms with van der Waals surface area (Å²) in [6.45, 7) is 2.86. The van der Waals surface area contributed by atoms with Crippen LogP contribution in [0.25, 0.3) is 0 Å². The van der Waals surface area contributed by atoms with Gasteiger partial charge in [0.25, 0.3) is 15.9 Å². The average Bonchev–Trinajstić information content (AvgIpc) is 3.29. The quantitative estimate of drug-likeness (QED) is 0.336. The van der Waals surface area contributed by atoms with E-state index in [1.54, 1.807) is 41.8 Å². The number of unbranched alkanes of at least 4 members (excludes halogenated alkanes) is 4. The van der Waals surface area contributed by atoms with Gasteiger partial charge in [0.2, 0.25) is 0 Å². The Hall–Kier alpha value is -2.91. The summed E-state index contributed by atoms with van der Waals surface area (Å²) in [4.78, 5) is 16.5. The first-order valence-corrected chi connectivity index (χ1v) is 12.9. The van der Waals surface area contributed by atoms with Gasteiger partial charge in [-0.1, -0.05) is 32.6 Å². The molecule has 0 saturated heterocycles. The lowest BCUT2D eigenvalue weighted by Crippen LogP contribution is -2.14.